The summed E-state index contributed by atoms with van der Waals surface area (Å²) in [5.41, 5.74) is 3.50. The molecule has 2 heterocycles. The molecule has 0 unspecified atom stereocenters. The molecule has 0 aliphatic carbocycles. The fourth-order valence-electron chi connectivity index (χ4n) is 2.90. The third-order valence-electron chi connectivity index (χ3n) is 4.18. The minimum Gasteiger partial charge on any atom is -0.368 e. The van der Waals surface area contributed by atoms with E-state index in [0.29, 0.717) is 0 Å². The molecule has 2 aromatic carbocycles. The molecule has 8 heteroatoms. The fourth-order valence-corrected chi connectivity index (χ4v) is 2.90. The molecule has 0 radical (unpaired) electrons. The van der Waals surface area contributed by atoms with Crippen molar-refractivity contribution in [3.05, 3.63) is 59.7 Å². The molecule has 0 saturated carbocycles. The number of aliphatic imine (C=N–C) groups is 2. The topological polar surface area (TPSA) is 89.9 Å². The summed E-state index contributed by atoms with van der Waals surface area (Å²) >= 11 is 0. The SMILES string of the molecule is Cl.O=C(Nc1ccc(C2=NCCN2)cc1)Nc1ccc(C2=NCCN2)cc1. The van der Waals surface area contributed by atoms with Crippen LogP contribution in [0.2, 0.25) is 0 Å². The van der Waals surface area contributed by atoms with Gasteiger partial charge in [0.25, 0.3) is 0 Å². The third-order valence-corrected chi connectivity index (χ3v) is 4.18. The number of amidine groups is 2. The van der Waals surface area contributed by atoms with Crippen LogP contribution in [0.5, 0.6) is 0 Å². The van der Waals surface area contributed by atoms with Crippen LogP contribution >= 0.6 is 12.4 Å². The van der Waals surface area contributed by atoms with E-state index in [1.165, 1.54) is 0 Å². The number of hydrogen-bond acceptors (Lipinski definition) is 5. The minimum absolute atomic E-state index is 0. The van der Waals surface area contributed by atoms with Crippen LogP contribution in [0.3, 0.4) is 0 Å². The summed E-state index contributed by atoms with van der Waals surface area (Å²) in [7, 11) is 0. The normalized spacial score (nSPS) is 15.0. The third kappa shape index (κ3) is 4.57. The van der Waals surface area contributed by atoms with Gasteiger partial charge in [-0.2, -0.15) is 0 Å². The Labute approximate surface area is 163 Å². The largest absolute Gasteiger partial charge is 0.368 e. The predicted molar refractivity (Wildman–Crippen MR) is 112 cm³/mol. The highest BCUT2D eigenvalue weighted by Crippen LogP contribution is 2.14. The molecule has 2 amide bonds. The van der Waals surface area contributed by atoms with Crippen molar-refractivity contribution in [2.24, 2.45) is 9.98 Å². The molecule has 27 heavy (non-hydrogen) atoms. The monoisotopic (exact) mass is 384 g/mol. The van der Waals surface area contributed by atoms with E-state index in [1.807, 2.05) is 48.5 Å². The Morgan fingerprint density at radius 1 is 0.741 bits per heavy atom. The average molecular weight is 385 g/mol. The van der Waals surface area contributed by atoms with Gasteiger partial charge in [-0.25, -0.2) is 4.79 Å². The van der Waals surface area contributed by atoms with Crippen LogP contribution < -0.4 is 21.3 Å². The lowest BCUT2D eigenvalue weighted by molar-refractivity contribution is 0.262. The molecule has 0 aromatic heterocycles. The quantitative estimate of drug-likeness (QED) is 0.652. The maximum absolute atomic E-state index is 12.2. The number of carbonyl (C=O) groups is 1. The Morgan fingerprint density at radius 2 is 1.15 bits per heavy atom. The number of anilines is 2. The van der Waals surface area contributed by atoms with Gasteiger partial charge in [-0.3, -0.25) is 9.98 Å². The minimum atomic E-state index is -0.279. The molecule has 4 rings (SSSR count). The molecule has 0 bridgehead atoms. The van der Waals surface area contributed by atoms with E-state index in [2.05, 4.69) is 31.3 Å². The van der Waals surface area contributed by atoms with E-state index in [4.69, 9.17) is 0 Å². The highest BCUT2D eigenvalue weighted by molar-refractivity contribution is 6.03. The Kier molecular flexibility index (Phi) is 5.93. The van der Waals surface area contributed by atoms with Gasteiger partial charge < -0.3 is 21.3 Å². The second kappa shape index (κ2) is 8.55. The van der Waals surface area contributed by atoms with Crippen molar-refractivity contribution < 1.29 is 4.79 Å². The summed E-state index contributed by atoms with van der Waals surface area (Å²) in [6.45, 7) is 3.36. The van der Waals surface area contributed by atoms with Crippen LogP contribution in [0.1, 0.15) is 11.1 Å². The zero-order valence-electron chi connectivity index (χ0n) is 14.7. The summed E-state index contributed by atoms with van der Waals surface area (Å²) < 4.78 is 0. The summed E-state index contributed by atoms with van der Waals surface area (Å²) in [6.07, 6.45) is 0. The number of carbonyl (C=O) groups excluding carboxylic acids is 1. The fraction of sp³-hybridized carbons (Fsp3) is 0.211. The van der Waals surface area contributed by atoms with Crippen molar-refractivity contribution in [2.45, 2.75) is 0 Å². The number of rotatable bonds is 4. The van der Waals surface area contributed by atoms with Crippen molar-refractivity contribution in [3.8, 4) is 0 Å². The standard InChI is InChI=1S/C19H20N6O.ClH/c26-19(24-15-5-1-13(2-6-15)17-20-9-10-21-17)25-16-7-3-14(4-8-16)18-22-11-12-23-18;/h1-8H,9-12H2,(H,20,21)(H,22,23)(H2,24,25,26);1H. The highest BCUT2D eigenvalue weighted by Gasteiger charge is 2.10. The Balaban J connectivity index is 0.00000210. The number of nitrogens with one attached hydrogen (secondary N) is 4. The molecule has 2 aromatic rings. The summed E-state index contributed by atoms with van der Waals surface area (Å²) in [5, 5.41) is 12.1. The van der Waals surface area contributed by atoms with Gasteiger partial charge in [0.05, 0.1) is 13.1 Å². The second-order valence-corrected chi connectivity index (χ2v) is 6.05. The Bertz CT molecular complexity index is 789. The molecule has 2 aliphatic heterocycles. The van der Waals surface area contributed by atoms with E-state index in [9.17, 15) is 4.79 Å². The molecule has 4 N–H and O–H groups in total. The average Bonchev–Trinajstić information content (AvgIpc) is 3.37. The van der Waals surface area contributed by atoms with Crippen LogP contribution in [-0.4, -0.2) is 43.9 Å². The van der Waals surface area contributed by atoms with E-state index in [0.717, 1.165) is 60.4 Å². The molecule has 7 nitrogen and oxygen atoms in total. The summed E-state index contributed by atoms with van der Waals surface area (Å²) in [6, 6.07) is 14.9. The lowest BCUT2D eigenvalue weighted by Crippen LogP contribution is -2.21. The van der Waals surface area contributed by atoms with Gasteiger partial charge in [-0.15, -0.1) is 12.4 Å². The van der Waals surface area contributed by atoms with E-state index in [1.54, 1.807) is 0 Å². The Morgan fingerprint density at radius 3 is 1.48 bits per heavy atom. The van der Waals surface area contributed by atoms with Gasteiger partial charge >= 0.3 is 6.03 Å². The van der Waals surface area contributed by atoms with Crippen molar-refractivity contribution in [1.29, 1.82) is 0 Å². The predicted octanol–water partition coefficient (Wildman–Crippen LogP) is 2.45. The van der Waals surface area contributed by atoms with Gasteiger partial charge in [-0.05, 0) is 48.5 Å². The molecule has 0 spiro atoms. The van der Waals surface area contributed by atoms with E-state index < -0.39 is 0 Å². The number of urea groups is 1. The van der Waals surface area contributed by atoms with Crippen molar-refractivity contribution in [3.63, 3.8) is 0 Å². The van der Waals surface area contributed by atoms with Crippen LogP contribution in [0.15, 0.2) is 58.5 Å². The highest BCUT2D eigenvalue weighted by atomic mass is 35.5. The molecule has 0 saturated heterocycles. The maximum atomic E-state index is 12.2. The van der Waals surface area contributed by atoms with Crippen molar-refractivity contribution >= 4 is 41.5 Å². The molecular formula is C19H21ClN6O. The molecule has 0 fully saturated rings. The smallest absolute Gasteiger partial charge is 0.323 e. The van der Waals surface area contributed by atoms with Crippen molar-refractivity contribution in [2.75, 3.05) is 36.8 Å². The first kappa shape index (κ1) is 18.7. The summed E-state index contributed by atoms with van der Waals surface area (Å²) in [5.74, 6) is 1.81. The molecule has 2 aliphatic rings. The van der Waals surface area contributed by atoms with E-state index >= 15 is 0 Å². The van der Waals surface area contributed by atoms with Crippen molar-refractivity contribution in [1.82, 2.24) is 10.6 Å². The number of amides is 2. The van der Waals surface area contributed by atoms with Gasteiger partial charge in [0, 0.05) is 35.6 Å². The van der Waals surface area contributed by atoms with Crippen LogP contribution in [-0.2, 0) is 0 Å². The van der Waals surface area contributed by atoms with Crippen LogP contribution in [0, 0.1) is 0 Å². The summed E-state index contributed by atoms with van der Waals surface area (Å²) in [4.78, 5) is 20.9. The van der Waals surface area contributed by atoms with Gasteiger partial charge in [0.2, 0.25) is 0 Å². The Hall–Kier alpha value is -3.06. The lowest BCUT2D eigenvalue weighted by Gasteiger charge is -2.09. The van der Waals surface area contributed by atoms with Gasteiger partial charge in [0.1, 0.15) is 11.7 Å². The zero-order chi connectivity index (χ0) is 17.8. The first-order chi connectivity index (χ1) is 12.8. The van der Waals surface area contributed by atoms with Crippen LogP contribution in [0.4, 0.5) is 16.2 Å². The number of halogens is 1. The first-order valence-corrected chi connectivity index (χ1v) is 8.63. The second-order valence-electron chi connectivity index (χ2n) is 6.05. The zero-order valence-corrected chi connectivity index (χ0v) is 15.5. The maximum Gasteiger partial charge on any atom is 0.323 e. The number of hydrogen-bond donors (Lipinski definition) is 4. The molecular weight excluding hydrogens is 364 g/mol. The first-order valence-electron chi connectivity index (χ1n) is 8.63. The van der Waals surface area contributed by atoms with Gasteiger partial charge in [0.15, 0.2) is 0 Å². The lowest BCUT2D eigenvalue weighted by atomic mass is 10.2. The van der Waals surface area contributed by atoms with E-state index in [-0.39, 0.29) is 18.4 Å². The van der Waals surface area contributed by atoms with Gasteiger partial charge in [-0.1, -0.05) is 0 Å². The molecule has 0 atom stereocenters. The number of nitrogens with zero attached hydrogens (tertiary/aromatic N) is 2. The number of benzene rings is 2. The molecule has 140 valence electrons. The van der Waals surface area contributed by atoms with Crippen LogP contribution in [0.25, 0.3) is 0 Å².